The van der Waals surface area contributed by atoms with Gasteiger partial charge in [-0.15, -0.1) is 0 Å². The molecule has 2 rings (SSSR count). The fraction of sp³-hybridized carbons (Fsp3) is 0.500. The molecule has 100 valence electrons. The summed E-state index contributed by atoms with van der Waals surface area (Å²) in [6.45, 7) is 0. The molecule has 1 saturated carbocycles. The van der Waals surface area contributed by atoms with Gasteiger partial charge in [-0.1, -0.05) is 15.9 Å². The average Bonchev–Trinajstić information content (AvgIpc) is 2.76. The first-order valence-electron chi connectivity index (χ1n) is 5.82. The van der Waals surface area contributed by atoms with E-state index < -0.39 is 10.0 Å². The number of halogens is 1. The molecule has 1 aliphatic carbocycles. The molecule has 1 fully saturated rings. The minimum Gasteiger partial charge on any atom is -0.208 e. The molecule has 0 aliphatic heterocycles. The molecular weight excluding hydrogens is 334 g/mol. The number of rotatable bonds is 4. The molecule has 0 spiro atoms. The first kappa shape index (κ1) is 14.4. The zero-order valence-corrected chi connectivity index (χ0v) is 13.3. The summed E-state index contributed by atoms with van der Waals surface area (Å²) in [7, 11) is -3.37. The fourth-order valence-corrected chi connectivity index (χ4v) is 4.51. The van der Waals surface area contributed by atoms with Crippen LogP contribution in [-0.4, -0.2) is 26.0 Å². The molecule has 1 N–H and O–H groups in total. The second kappa shape index (κ2) is 5.94. The minimum absolute atomic E-state index is 0.0797. The van der Waals surface area contributed by atoms with Crippen molar-refractivity contribution in [3.63, 3.8) is 0 Å². The number of benzene rings is 1. The lowest BCUT2D eigenvalue weighted by Crippen LogP contribution is -2.33. The molecule has 2 unspecified atom stereocenters. The van der Waals surface area contributed by atoms with Crippen molar-refractivity contribution in [3.05, 3.63) is 28.7 Å². The largest absolute Gasteiger partial charge is 0.240 e. The van der Waals surface area contributed by atoms with Gasteiger partial charge < -0.3 is 0 Å². The lowest BCUT2D eigenvalue weighted by Gasteiger charge is -2.13. The van der Waals surface area contributed by atoms with Gasteiger partial charge in [0.15, 0.2) is 0 Å². The molecule has 0 heterocycles. The van der Waals surface area contributed by atoms with Crippen molar-refractivity contribution in [2.24, 2.45) is 0 Å². The maximum Gasteiger partial charge on any atom is 0.240 e. The summed E-state index contributed by atoms with van der Waals surface area (Å²) in [5.41, 5.74) is 0. The van der Waals surface area contributed by atoms with Crippen molar-refractivity contribution in [1.82, 2.24) is 4.72 Å². The van der Waals surface area contributed by atoms with E-state index in [-0.39, 0.29) is 6.04 Å². The van der Waals surface area contributed by atoms with Gasteiger partial charge in [-0.25, -0.2) is 13.1 Å². The third kappa shape index (κ3) is 3.50. The van der Waals surface area contributed by atoms with Crippen molar-refractivity contribution in [2.45, 2.75) is 35.4 Å². The Morgan fingerprint density at radius 2 is 1.94 bits per heavy atom. The van der Waals surface area contributed by atoms with E-state index in [0.29, 0.717) is 10.1 Å². The topological polar surface area (TPSA) is 46.2 Å². The van der Waals surface area contributed by atoms with E-state index in [1.165, 1.54) is 0 Å². The molecule has 2 atom stereocenters. The van der Waals surface area contributed by atoms with Crippen molar-refractivity contribution in [1.29, 1.82) is 0 Å². The smallest absolute Gasteiger partial charge is 0.208 e. The maximum absolute atomic E-state index is 12.2. The Kier molecular flexibility index (Phi) is 4.75. The van der Waals surface area contributed by atoms with Crippen molar-refractivity contribution in [2.75, 3.05) is 6.26 Å². The summed E-state index contributed by atoms with van der Waals surface area (Å²) in [5.74, 6) is 0. The van der Waals surface area contributed by atoms with E-state index in [9.17, 15) is 8.42 Å². The Morgan fingerprint density at radius 1 is 1.28 bits per heavy atom. The van der Waals surface area contributed by atoms with Crippen LogP contribution in [0.3, 0.4) is 0 Å². The second-order valence-corrected chi connectivity index (χ2v) is 8.21. The van der Waals surface area contributed by atoms with Crippen LogP contribution in [0.25, 0.3) is 0 Å². The normalized spacial score (nSPS) is 24.3. The van der Waals surface area contributed by atoms with Crippen molar-refractivity contribution >= 4 is 37.7 Å². The highest BCUT2D eigenvalue weighted by molar-refractivity contribution is 9.10. The Bertz CT molecular complexity index is 501. The number of hydrogen-bond donors (Lipinski definition) is 1. The van der Waals surface area contributed by atoms with Gasteiger partial charge in [0.05, 0.1) is 4.90 Å². The molecular formula is C12H16BrNO2S2. The van der Waals surface area contributed by atoms with Crippen molar-refractivity contribution < 1.29 is 8.42 Å². The molecule has 0 aromatic heterocycles. The lowest BCUT2D eigenvalue weighted by molar-refractivity contribution is 0.552. The molecule has 3 nitrogen and oxygen atoms in total. The Hall–Kier alpha value is -0.0400. The Balaban J connectivity index is 2.06. The van der Waals surface area contributed by atoms with E-state index in [4.69, 9.17) is 0 Å². The van der Waals surface area contributed by atoms with E-state index >= 15 is 0 Å². The monoisotopic (exact) mass is 349 g/mol. The van der Waals surface area contributed by atoms with Gasteiger partial charge in [-0.2, -0.15) is 11.8 Å². The molecule has 1 aromatic rings. The first-order chi connectivity index (χ1) is 8.51. The van der Waals surface area contributed by atoms with Crippen LogP contribution in [0.4, 0.5) is 0 Å². The minimum atomic E-state index is -3.37. The van der Waals surface area contributed by atoms with Crippen LogP contribution >= 0.6 is 27.7 Å². The Morgan fingerprint density at radius 3 is 2.50 bits per heavy atom. The van der Waals surface area contributed by atoms with E-state index in [0.717, 1.165) is 23.7 Å². The second-order valence-electron chi connectivity index (χ2n) is 4.44. The van der Waals surface area contributed by atoms with Crippen LogP contribution in [-0.2, 0) is 10.0 Å². The quantitative estimate of drug-likeness (QED) is 0.908. The summed E-state index contributed by atoms with van der Waals surface area (Å²) in [4.78, 5) is 0.332. The van der Waals surface area contributed by atoms with Crippen LogP contribution in [0, 0.1) is 0 Å². The molecule has 6 heteroatoms. The zero-order chi connectivity index (χ0) is 13.2. The molecule has 18 heavy (non-hydrogen) atoms. The van der Waals surface area contributed by atoms with Crippen LogP contribution in [0.5, 0.6) is 0 Å². The lowest BCUT2D eigenvalue weighted by atomic mass is 10.3. The molecule has 1 aliphatic rings. The number of sulfonamides is 1. The van der Waals surface area contributed by atoms with Gasteiger partial charge in [0, 0.05) is 15.8 Å². The number of thioether (sulfide) groups is 1. The van der Waals surface area contributed by atoms with Crippen LogP contribution in [0.2, 0.25) is 0 Å². The highest BCUT2D eigenvalue weighted by Gasteiger charge is 2.28. The summed E-state index contributed by atoms with van der Waals surface area (Å²) in [6, 6.07) is 6.80. The molecule has 1 aromatic carbocycles. The van der Waals surface area contributed by atoms with E-state index in [1.54, 1.807) is 24.3 Å². The summed E-state index contributed by atoms with van der Waals surface area (Å²) >= 11 is 5.12. The predicted octanol–water partition coefficient (Wildman–Crippen LogP) is 3.01. The van der Waals surface area contributed by atoms with Gasteiger partial charge in [0.1, 0.15) is 0 Å². The molecule has 0 saturated heterocycles. The zero-order valence-electron chi connectivity index (χ0n) is 10.1. The summed E-state index contributed by atoms with van der Waals surface area (Å²) in [6.07, 6.45) is 5.03. The highest BCUT2D eigenvalue weighted by Crippen LogP contribution is 2.29. The van der Waals surface area contributed by atoms with Crippen LogP contribution in [0.1, 0.15) is 19.3 Å². The molecule has 0 radical (unpaired) electrons. The number of hydrogen-bond acceptors (Lipinski definition) is 3. The van der Waals surface area contributed by atoms with Gasteiger partial charge in [-0.05, 0) is 49.8 Å². The molecule has 0 bridgehead atoms. The number of nitrogens with one attached hydrogen (secondary N) is 1. The van der Waals surface area contributed by atoms with Crippen LogP contribution < -0.4 is 4.72 Å². The fourth-order valence-electron chi connectivity index (χ4n) is 2.16. The summed E-state index contributed by atoms with van der Waals surface area (Å²) in [5, 5.41) is 0.586. The predicted molar refractivity (Wildman–Crippen MR) is 79.4 cm³/mol. The highest BCUT2D eigenvalue weighted by atomic mass is 79.9. The van der Waals surface area contributed by atoms with Gasteiger partial charge >= 0.3 is 0 Å². The Labute approximate surface area is 121 Å². The SMILES string of the molecule is CSC1CCC(NS(=O)(=O)c2ccc(Br)cc2)C1. The van der Waals surface area contributed by atoms with Gasteiger partial charge in [-0.3, -0.25) is 0 Å². The third-order valence-corrected chi connectivity index (χ3v) is 6.32. The first-order valence-corrected chi connectivity index (χ1v) is 9.38. The maximum atomic E-state index is 12.2. The summed E-state index contributed by atoms with van der Waals surface area (Å²) < 4.78 is 28.0. The molecule has 0 amide bonds. The third-order valence-electron chi connectivity index (χ3n) is 3.16. The van der Waals surface area contributed by atoms with Gasteiger partial charge in [0.2, 0.25) is 10.0 Å². The van der Waals surface area contributed by atoms with E-state index in [1.807, 2.05) is 11.8 Å². The van der Waals surface area contributed by atoms with Crippen molar-refractivity contribution in [3.8, 4) is 0 Å². The van der Waals surface area contributed by atoms with E-state index in [2.05, 4.69) is 26.9 Å². The standard InChI is InChI=1S/C12H16BrNO2S2/c1-17-11-5-4-10(8-11)14-18(15,16)12-6-2-9(13)3-7-12/h2-3,6-7,10-11,14H,4-5,8H2,1H3. The van der Waals surface area contributed by atoms with Crippen LogP contribution in [0.15, 0.2) is 33.6 Å². The average molecular weight is 350 g/mol. The van der Waals surface area contributed by atoms with Gasteiger partial charge in [0.25, 0.3) is 0 Å².